The highest BCUT2D eigenvalue weighted by atomic mass is 16.5. The second-order valence-electron chi connectivity index (χ2n) is 6.98. The number of hydrogen-bond acceptors (Lipinski definition) is 4. The first-order valence-electron chi connectivity index (χ1n) is 10.0. The zero-order valence-corrected chi connectivity index (χ0v) is 17.9. The average molecular weight is 415 g/mol. The van der Waals surface area contributed by atoms with Crippen molar-refractivity contribution in [3.8, 4) is 17.6 Å². The number of nitrogens with zero attached hydrogens (tertiary/aromatic N) is 2. The molecule has 6 nitrogen and oxygen atoms in total. The molecule has 31 heavy (non-hydrogen) atoms. The number of aryl methyl sites for hydroxylation is 2. The first-order valence-corrected chi connectivity index (χ1v) is 10.0. The topological polar surface area (TPSA) is 76.3 Å². The van der Waals surface area contributed by atoms with Crippen LogP contribution in [0.25, 0.3) is 6.08 Å². The minimum absolute atomic E-state index is 0.00657. The van der Waals surface area contributed by atoms with Gasteiger partial charge in [0, 0.05) is 11.4 Å². The van der Waals surface area contributed by atoms with Crippen molar-refractivity contribution >= 4 is 12.0 Å². The number of carbonyl (C=O) groups is 1. The van der Waals surface area contributed by atoms with Crippen LogP contribution in [0.15, 0.2) is 66.2 Å². The standard InChI is InChI=1S/C25H25N3O3/c1-4-30-24-15-21(12-13-23(24)31-17-20-8-6-5-7-9-20)14-22(16-26)25(29)27-28-18(2)10-11-19(28)3/h5-15H,4,17H2,1-3H3,(H,27,29)/b22-14-. The molecule has 0 aliphatic heterocycles. The summed E-state index contributed by atoms with van der Waals surface area (Å²) in [5.41, 5.74) is 6.22. The second-order valence-corrected chi connectivity index (χ2v) is 6.98. The lowest BCUT2D eigenvalue weighted by molar-refractivity contribution is -0.113. The normalized spacial score (nSPS) is 11.0. The minimum atomic E-state index is -0.479. The maximum atomic E-state index is 12.6. The van der Waals surface area contributed by atoms with Gasteiger partial charge >= 0.3 is 0 Å². The highest BCUT2D eigenvalue weighted by molar-refractivity contribution is 6.06. The molecule has 0 atom stereocenters. The second kappa shape index (κ2) is 10.2. The highest BCUT2D eigenvalue weighted by Gasteiger charge is 2.13. The Hall–Kier alpha value is -3.98. The maximum absolute atomic E-state index is 12.6. The number of amides is 1. The summed E-state index contributed by atoms with van der Waals surface area (Å²) in [6, 6.07) is 21.0. The molecule has 158 valence electrons. The van der Waals surface area contributed by atoms with Gasteiger partial charge in [-0.15, -0.1) is 0 Å². The molecule has 2 aromatic carbocycles. The van der Waals surface area contributed by atoms with Crippen molar-refractivity contribution in [2.24, 2.45) is 0 Å². The van der Waals surface area contributed by atoms with Crippen LogP contribution >= 0.6 is 0 Å². The number of nitrogens with one attached hydrogen (secondary N) is 1. The van der Waals surface area contributed by atoms with Crippen LogP contribution in [0.4, 0.5) is 0 Å². The van der Waals surface area contributed by atoms with E-state index in [0.29, 0.717) is 30.3 Å². The smallest absolute Gasteiger partial charge is 0.280 e. The van der Waals surface area contributed by atoms with E-state index in [4.69, 9.17) is 9.47 Å². The van der Waals surface area contributed by atoms with Gasteiger partial charge in [-0.3, -0.25) is 14.9 Å². The van der Waals surface area contributed by atoms with E-state index in [1.807, 2.05) is 69.3 Å². The van der Waals surface area contributed by atoms with E-state index in [1.54, 1.807) is 22.9 Å². The Morgan fingerprint density at radius 3 is 2.39 bits per heavy atom. The number of rotatable bonds is 8. The fourth-order valence-corrected chi connectivity index (χ4v) is 3.06. The largest absolute Gasteiger partial charge is 0.490 e. The molecule has 1 aromatic heterocycles. The minimum Gasteiger partial charge on any atom is -0.490 e. The lowest BCUT2D eigenvalue weighted by atomic mass is 10.1. The Morgan fingerprint density at radius 1 is 1.03 bits per heavy atom. The van der Waals surface area contributed by atoms with Gasteiger partial charge in [-0.2, -0.15) is 5.26 Å². The summed E-state index contributed by atoms with van der Waals surface area (Å²) in [5.74, 6) is 0.679. The van der Waals surface area contributed by atoms with Gasteiger partial charge in [0.2, 0.25) is 0 Å². The molecule has 3 rings (SSSR count). The SMILES string of the molecule is CCOc1cc(/C=C(/C#N)C(=O)Nn2c(C)ccc2C)ccc1OCc1ccccc1. The van der Waals surface area contributed by atoms with Crippen LogP contribution in [0.5, 0.6) is 11.5 Å². The zero-order chi connectivity index (χ0) is 22.2. The molecule has 0 spiro atoms. The molecule has 0 radical (unpaired) electrons. The van der Waals surface area contributed by atoms with E-state index in [1.165, 1.54) is 6.08 Å². The lowest BCUT2D eigenvalue weighted by Crippen LogP contribution is -2.25. The van der Waals surface area contributed by atoms with Gasteiger partial charge in [-0.05, 0) is 62.2 Å². The predicted octanol–water partition coefficient (Wildman–Crippen LogP) is 4.76. The third kappa shape index (κ3) is 5.55. The first kappa shape index (κ1) is 21.7. The molecule has 1 amide bonds. The molecule has 0 aliphatic carbocycles. The van der Waals surface area contributed by atoms with Gasteiger partial charge in [0.25, 0.3) is 5.91 Å². The van der Waals surface area contributed by atoms with E-state index in [0.717, 1.165) is 17.0 Å². The summed E-state index contributed by atoms with van der Waals surface area (Å²) < 4.78 is 13.3. The Morgan fingerprint density at radius 2 is 1.74 bits per heavy atom. The van der Waals surface area contributed by atoms with Crippen molar-refractivity contribution in [3.63, 3.8) is 0 Å². The van der Waals surface area contributed by atoms with Crippen molar-refractivity contribution in [3.05, 3.63) is 88.8 Å². The number of ether oxygens (including phenoxy) is 2. The van der Waals surface area contributed by atoms with E-state index in [-0.39, 0.29) is 5.57 Å². The third-order valence-corrected chi connectivity index (χ3v) is 4.67. The van der Waals surface area contributed by atoms with Crippen LogP contribution in [-0.2, 0) is 11.4 Å². The van der Waals surface area contributed by atoms with Gasteiger partial charge in [0.15, 0.2) is 11.5 Å². The van der Waals surface area contributed by atoms with Crippen LogP contribution in [0.3, 0.4) is 0 Å². The molecule has 0 fully saturated rings. The Kier molecular flexibility index (Phi) is 7.13. The van der Waals surface area contributed by atoms with E-state index < -0.39 is 5.91 Å². The average Bonchev–Trinajstić information content (AvgIpc) is 3.09. The van der Waals surface area contributed by atoms with Crippen LogP contribution in [0.2, 0.25) is 0 Å². The van der Waals surface area contributed by atoms with E-state index in [2.05, 4.69) is 5.43 Å². The summed E-state index contributed by atoms with van der Waals surface area (Å²) >= 11 is 0. The number of hydrogen-bond donors (Lipinski definition) is 1. The predicted molar refractivity (Wildman–Crippen MR) is 120 cm³/mol. The lowest BCUT2D eigenvalue weighted by Gasteiger charge is -2.13. The first-order chi connectivity index (χ1) is 15.0. The van der Waals surface area contributed by atoms with Crippen molar-refractivity contribution in [2.75, 3.05) is 12.0 Å². The van der Waals surface area contributed by atoms with Crippen LogP contribution in [0.1, 0.15) is 29.4 Å². The molecular formula is C25H25N3O3. The number of carbonyl (C=O) groups excluding carboxylic acids is 1. The molecule has 0 bridgehead atoms. The molecule has 0 saturated heterocycles. The quantitative estimate of drug-likeness (QED) is 0.425. The molecular weight excluding hydrogens is 390 g/mol. The van der Waals surface area contributed by atoms with Crippen LogP contribution in [0, 0.1) is 25.2 Å². The molecule has 0 aliphatic rings. The molecule has 3 aromatic rings. The number of benzene rings is 2. The van der Waals surface area contributed by atoms with Gasteiger partial charge in [0.1, 0.15) is 18.2 Å². The van der Waals surface area contributed by atoms with Crippen molar-refractivity contribution in [1.82, 2.24) is 4.68 Å². The van der Waals surface area contributed by atoms with E-state index in [9.17, 15) is 10.1 Å². The Labute approximate surface area is 182 Å². The summed E-state index contributed by atoms with van der Waals surface area (Å²) in [6.07, 6.45) is 1.53. The van der Waals surface area contributed by atoms with Gasteiger partial charge in [0.05, 0.1) is 6.61 Å². The summed E-state index contributed by atoms with van der Waals surface area (Å²) in [7, 11) is 0. The van der Waals surface area contributed by atoms with Gasteiger partial charge < -0.3 is 9.47 Å². The fourth-order valence-electron chi connectivity index (χ4n) is 3.06. The van der Waals surface area contributed by atoms with Crippen molar-refractivity contribution < 1.29 is 14.3 Å². The van der Waals surface area contributed by atoms with Crippen molar-refractivity contribution in [2.45, 2.75) is 27.4 Å². The Bertz CT molecular complexity index is 1110. The van der Waals surface area contributed by atoms with Gasteiger partial charge in [-0.25, -0.2) is 0 Å². The summed E-state index contributed by atoms with van der Waals surface area (Å²) in [5, 5.41) is 9.52. The van der Waals surface area contributed by atoms with Crippen molar-refractivity contribution in [1.29, 1.82) is 5.26 Å². The third-order valence-electron chi connectivity index (χ3n) is 4.67. The van der Waals surface area contributed by atoms with E-state index >= 15 is 0 Å². The van der Waals surface area contributed by atoms with Crippen LogP contribution < -0.4 is 14.9 Å². The maximum Gasteiger partial charge on any atom is 0.280 e. The number of nitriles is 1. The molecule has 0 unspecified atom stereocenters. The van der Waals surface area contributed by atoms with Gasteiger partial charge in [-0.1, -0.05) is 36.4 Å². The zero-order valence-electron chi connectivity index (χ0n) is 17.9. The number of aromatic nitrogens is 1. The molecule has 6 heteroatoms. The summed E-state index contributed by atoms with van der Waals surface area (Å²) in [6.45, 7) is 6.53. The fraction of sp³-hybridized carbons (Fsp3) is 0.200. The molecule has 1 heterocycles. The monoisotopic (exact) mass is 415 g/mol. The molecule has 1 N–H and O–H groups in total. The summed E-state index contributed by atoms with van der Waals surface area (Å²) in [4.78, 5) is 12.6. The van der Waals surface area contributed by atoms with Crippen LogP contribution in [-0.4, -0.2) is 17.2 Å². The Balaban J connectivity index is 1.80. The molecule has 0 saturated carbocycles. The highest BCUT2D eigenvalue weighted by Crippen LogP contribution is 2.30.